The fourth-order valence-corrected chi connectivity index (χ4v) is 1.77. The van der Waals surface area contributed by atoms with Crippen molar-refractivity contribution in [3.8, 4) is 0 Å². The van der Waals surface area contributed by atoms with Crippen molar-refractivity contribution in [2.45, 2.75) is 33.1 Å². The van der Waals surface area contributed by atoms with Gasteiger partial charge in [0.05, 0.1) is 12.5 Å². The Morgan fingerprint density at radius 3 is 2.92 bits per heavy atom. The first-order chi connectivity index (χ1) is 6.16. The standard InChI is InChI=1S/C10H17NO2/c1-3-13-10(12)8-6-4-5-7(2)9(8)11/h7-8,11H,3-6H2,1-2H3. The van der Waals surface area contributed by atoms with Crippen LogP contribution in [0.15, 0.2) is 0 Å². The molecule has 3 heteroatoms. The van der Waals surface area contributed by atoms with Crippen molar-refractivity contribution in [1.29, 1.82) is 5.41 Å². The molecule has 1 fully saturated rings. The summed E-state index contributed by atoms with van der Waals surface area (Å²) in [7, 11) is 0. The summed E-state index contributed by atoms with van der Waals surface area (Å²) >= 11 is 0. The van der Waals surface area contributed by atoms with Crippen molar-refractivity contribution in [2.75, 3.05) is 6.61 Å². The number of nitrogens with one attached hydrogen (secondary N) is 1. The minimum Gasteiger partial charge on any atom is -0.465 e. The summed E-state index contributed by atoms with van der Waals surface area (Å²) in [6.07, 6.45) is 2.86. The quantitative estimate of drug-likeness (QED) is 0.666. The van der Waals surface area contributed by atoms with Crippen LogP contribution in [-0.2, 0) is 9.53 Å². The van der Waals surface area contributed by atoms with Crippen molar-refractivity contribution < 1.29 is 9.53 Å². The number of carbonyl (C=O) groups excluding carboxylic acids is 1. The van der Waals surface area contributed by atoms with Gasteiger partial charge in [0.2, 0.25) is 0 Å². The lowest BCUT2D eigenvalue weighted by atomic mass is 9.80. The van der Waals surface area contributed by atoms with E-state index >= 15 is 0 Å². The average molecular weight is 183 g/mol. The molecule has 0 heterocycles. The predicted molar refractivity (Wildman–Crippen MR) is 50.9 cm³/mol. The summed E-state index contributed by atoms with van der Waals surface area (Å²) in [5, 5.41) is 7.76. The van der Waals surface area contributed by atoms with Crippen molar-refractivity contribution in [3.63, 3.8) is 0 Å². The third kappa shape index (κ3) is 2.29. The fraction of sp³-hybridized carbons (Fsp3) is 0.800. The highest BCUT2D eigenvalue weighted by molar-refractivity contribution is 6.02. The Morgan fingerprint density at radius 2 is 2.31 bits per heavy atom. The number of carbonyl (C=O) groups is 1. The van der Waals surface area contributed by atoms with Gasteiger partial charge in [-0.3, -0.25) is 4.79 Å². The molecule has 0 aromatic heterocycles. The van der Waals surface area contributed by atoms with Gasteiger partial charge in [0.1, 0.15) is 0 Å². The van der Waals surface area contributed by atoms with Gasteiger partial charge in [-0.15, -0.1) is 0 Å². The third-order valence-electron chi connectivity index (χ3n) is 2.61. The molecule has 1 aliphatic carbocycles. The topological polar surface area (TPSA) is 50.2 Å². The molecule has 13 heavy (non-hydrogen) atoms. The number of rotatable bonds is 2. The van der Waals surface area contributed by atoms with Crippen molar-refractivity contribution in [2.24, 2.45) is 11.8 Å². The molecule has 1 aliphatic rings. The van der Waals surface area contributed by atoms with Crippen LogP contribution in [0.5, 0.6) is 0 Å². The van der Waals surface area contributed by atoms with E-state index in [9.17, 15) is 4.79 Å². The van der Waals surface area contributed by atoms with Crippen LogP contribution in [-0.4, -0.2) is 18.3 Å². The molecule has 2 atom stereocenters. The molecule has 0 saturated heterocycles. The Hall–Kier alpha value is -0.860. The van der Waals surface area contributed by atoms with E-state index in [0.717, 1.165) is 19.3 Å². The van der Waals surface area contributed by atoms with Gasteiger partial charge in [0, 0.05) is 5.71 Å². The van der Waals surface area contributed by atoms with Gasteiger partial charge in [0.25, 0.3) is 0 Å². The number of hydrogen-bond acceptors (Lipinski definition) is 3. The van der Waals surface area contributed by atoms with Gasteiger partial charge in [-0.05, 0) is 25.7 Å². The van der Waals surface area contributed by atoms with Crippen LogP contribution in [0.1, 0.15) is 33.1 Å². The molecule has 74 valence electrons. The molecule has 0 aromatic carbocycles. The van der Waals surface area contributed by atoms with Crippen LogP contribution >= 0.6 is 0 Å². The maximum atomic E-state index is 11.4. The average Bonchev–Trinajstić information content (AvgIpc) is 2.10. The van der Waals surface area contributed by atoms with E-state index in [1.165, 1.54) is 0 Å². The van der Waals surface area contributed by atoms with Gasteiger partial charge >= 0.3 is 5.97 Å². The molecule has 0 bridgehead atoms. The second kappa shape index (κ2) is 4.40. The van der Waals surface area contributed by atoms with E-state index in [0.29, 0.717) is 12.3 Å². The first-order valence-corrected chi connectivity index (χ1v) is 4.91. The molecule has 1 N–H and O–H groups in total. The molecular weight excluding hydrogens is 166 g/mol. The molecule has 2 unspecified atom stereocenters. The van der Waals surface area contributed by atoms with E-state index < -0.39 is 0 Å². The molecule has 0 spiro atoms. The van der Waals surface area contributed by atoms with E-state index in [2.05, 4.69) is 0 Å². The summed E-state index contributed by atoms with van der Waals surface area (Å²) in [6.45, 7) is 4.22. The van der Waals surface area contributed by atoms with Gasteiger partial charge in [0.15, 0.2) is 0 Å². The maximum Gasteiger partial charge on any atom is 0.314 e. The monoisotopic (exact) mass is 183 g/mol. The minimum atomic E-state index is -0.260. The van der Waals surface area contributed by atoms with Crippen molar-refractivity contribution >= 4 is 11.7 Å². The number of ether oxygens (including phenoxy) is 1. The number of esters is 1. The zero-order chi connectivity index (χ0) is 9.84. The Labute approximate surface area is 79.0 Å². The van der Waals surface area contributed by atoms with E-state index in [1.807, 2.05) is 6.92 Å². The molecular formula is C10H17NO2. The lowest BCUT2D eigenvalue weighted by Crippen LogP contribution is -2.33. The van der Waals surface area contributed by atoms with E-state index in [4.69, 9.17) is 10.1 Å². The predicted octanol–water partition coefficient (Wildman–Crippen LogP) is 2.01. The minimum absolute atomic E-state index is 0.209. The highest BCUT2D eigenvalue weighted by Crippen LogP contribution is 2.26. The van der Waals surface area contributed by atoms with Crippen LogP contribution in [0.4, 0.5) is 0 Å². The number of hydrogen-bond donors (Lipinski definition) is 1. The van der Waals surface area contributed by atoms with Crippen LogP contribution < -0.4 is 0 Å². The first-order valence-electron chi connectivity index (χ1n) is 4.91. The van der Waals surface area contributed by atoms with Crippen molar-refractivity contribution in [3.05, 3.63) is 0 Å². The Bertz CT molecular complexity index is 213. The highest BCUT2D eigenvalue weighted by Gasteiger charge is 2.31. The second-order valence-electron chi connectivity index (χ2n) is 3.59. The third-order valence-corrected chi connectivity index (χ3v) is 2.61. The smallest absolute Gasteiger partial charge is 0.314 e. The van der Waals surface area contributed by atoms with Crippen LogP contribution in [0.25, 0.3) is 0 Å². The van der Waals surface area contributed by atoms with Crippen LogP contribution in [0.2, 0.25) is 0 Å². The first kappa shape index (κ1) is 10.2. The summed E-state index contributed by atoms with van der Waals surface area (Å²) in [6, 6.07) is 0. The zero-order valence-corrected chi connectivity index (χ0v) is 8.30. The molecule has 1 saturated carbocycles. The van der Waals surface area contributed by atoms with Crippen molar-refractivity contribution in [1.82, 2.24) is 0 Å². The van der Waals surface area contributed by atoms with Crippen LogP contribution in [0, 0.1) is 17.2 Å². The summed E-state index contributed by atoms with van der Waals surface area (Å²) in [4.78, 5) is 11.4. The fourth-order valence-electron chi connectivity index (χ4n) is 1.77. The second-order valence-corrected chi connectivity index (χ2v) is 3.59. The SMILES string of the molecule is CCOC(=O)C1CCCC(C)C1=N. The zero-order valence-electron chi connectivity index (χ0n) is 8.30. The molecule has 1 rings (SSSR count). The normalized spacial score (nSPS) is 28.6. The summed E-state index contributed by atoms with van der Waals surface area (Å²) in [5.41, 5.74) is 0.560. The van der Waals surface area contributed by atoms with Crippen LogP contribution in [0.3, 0.4) is 0 Å². The van der Waals surface area contributed by atoms with Gasteiger partial charge in [-0.25, -0.2) is 0 Å². The lowest BCUT2D eigenvalue weighted by Gasteiger charge is -2.26. The molecule has 0 radical (unpaired) electrons. The molecule has 3 nitrogen and oxygen atoms in total. The molecule has 0 amide bonds. The Morgan fingerprint density at radius 1 is 1.62 bits per heavy atom. The molecule has 0 aromatic rings. The lowest BCUT2D eigenvalue weighted by molar-refractivity contribution is -0.146. The van der Waals surface area contributed by atoms with Gasteiger partial charge in [-0.2, -0.15) is 0 Å². The summed E-state index contributed by atoms with van der Waals surface area (Å²) < 4.78 is 4.92. The van der Waals surface area contributed by atoms with E-state index in [-0.39, 0.29) is 17.8 Å². The Kier molecular flexibility index (Phi) is 3.46. The Balaban J connectivity index is 2.57. The molecule has 0 aliphatic heterocycles. The van der Waals surface area contributed by atoms with E-state index in [1.54, 1.807) is 6.92 Å². The maximum absolute atomic E-state index is 11.4. The summed E-state index contributed by atoms with van der Waals surface area (Å²) in [5.74, 6) is -0.217. The van der Waals surface area contributed by atoms with Gasteiger partial charge < -0.3 is 10.1 Å². The van der Waals surface area contributed by atoms with Gasteiger partial charge in [-0.1, -0.05) is 13.3 Å². The highest BCUT2D eigenvalue weighted by atomic mass is 16.5. The largest absolute Gasteiger partial charge is 0.465 e.